The van der Waals surface area contributed by atoms with Crippen LogP contribution < -0.4 is 9.31 Å². The second-order valence-electron chi connectivity index (χ2n) is 2.63. The van der Waals surface area contributed by atoms with Gasteiger partial charge in [0.15, 0.2) is 0 Å². The molecule has 58 valence electrons. The molecule has 2 heteroatoms. The van der Waals surface area contributed by atoms with E-state index in [2.05, 4.69) is 29.2 Å². The fourth-order valence-electron chi connectivity index (χ4n) is 1.12. The molecule has 1 aromatic carbocycles. The number of hydrogen-bond donors (Lipinski definition) is 1. The van der Waals surface area contributed by atoms with Crippen LogP contribution in [0.15, 0.2) is 24.3 Å². The molecule has 0 heterocycles. The number of hydrogen-bond acceptors (Lipinski definition) is 1. The summed E-state index contributed by atoms with van der Waals surface area (Å²) in [6.45, 7) is 2.05. The SMILES string of the molecule is [CH3][Sn][c]1ccccc1C(C)N. The summed E-state index contributed by atoms with van der Waals surface area (Å²) in [5, 5.41) is 0. The third-order valence-corrected chi connectivity index (χ3v) is 4.56. The Morgan fingerprint density at radius 3 is 2.45 bits per heavy atom. The Labute approximate surface area is 78.2 Å². The van der Waals surface area contributed by atoms with Crippen LogP contribution in [0.25, 0.3) is 0 Å². The van der Waals surface area contributed by atoms with Crippen LogP contribution in [0.5, 0.6) is 0 Å². The molecule has 11 heavy (non-hydrogen) atoms. The van der Waals surface area contributed by atoms with E-state index in [0.29, 0.717) is 0 Å². The van der Waals surface area contributed by atoms with Gasteiger partial charge in [0.05, 0.1) is 0 Å². The van der Waals surface area contributed by atoms with Gasteiger partial charge in [-0.3, -0.25) is 0 Å². The fraction of sp³-hybridized carbons (Fsp3) is 0.333. The van der Waals surface area contributed by atoms with Crippen molar-refractivity contribution in [3.8, 4) is 0 Å². The first-order valence-electron chi connectivity index (χ1n) is 3.78. The third-order valence-electron chi connectivity index (χ3n) is 1.72. The predicted octanol–water partition coefficient (Wildman–Crippen LogP) is 1.08. The van der Waals surface area contributed by atoms with Gasteiger partial charge in [-0.2, -0.15) is 0 Å². The molecule has 0 bridgehead atoms. The van der Waals surface area contributed by atoms with Crippen molar-refractivity contribution in [2.45, 2.75) is 17.9 Å². The summed E-state index contributed by atoms with van der Waals surface area (Å²) in [5.74, 6) is 0. The maximum absolute atomic E-state index is 5.82. The Morgan fingerprint density at radius 2 is 2.00 bits per heavy atom. The van der Waals surface area contributed by atoms with E-state index < -0.39 is 0 Å². The van der Waals surface area contributed by atoms with Crippen LogP contribution in [-0.4, -0.2) is 21.1 Å². The number of rotatable bonds is 2. The molecule has 2 N–H and O–H groups in total. The molecule has 0 amide bonds. The number of nitrogens with two attached hydrogens (primary N) is 1. The molecule has 0 aliphatic rings. The molecule has 1 rings (SSSR count). The molecule has 1 atom stereocenters. The first-order valence-corrected chi connectivity index (χ1v) is 8.06. The third kappa shape index (κ3) is 2.20. The monoisotopic (exact) mass is 255 g/mol. The maximum atomic E-state index is 5.82. The second kappa shape index (κ2) is 4.12. The van der Waals surface area contributed by atoms with Crippen molar-refractivity contribution in [2.75, 3.05) is 0 Å². The van der Waals surface area contributed by atoms with Gasteiger partial charge in [-0.25, -0.2) is 0 Å². The normalized spacial score (nSPS) is 13.0. The minimum atomic E-state index is -0.313. The van der Waals surface area contributed by atoms with Crippen LogP contribution in [0.1, 0.15) is 18.5 Å². The summed E-state index contributed by atoms with van der Waals surface area (Å²) in [6, 6.07) is 8.73. The van der Waals surface area contributed by atoms with Crippen LogP contribution >= 0.6 is 0 Å². The average Bonchev–Trinajstić information content (AvgIpc) is 2.04. The summed E-state index contributed by atoms with van der Waals surface area (Å²) in [4.78, 5) is 2.32. The van der Waals surface area contributed by atoms with Crippen molar-refractivity contribution >= 4 is 24.7 Å². The summed E-state index contributed by atoms with van der Waals surface area (Å²) < 4.78 is 1.53. The van der Waals surface area contributed by atoms with Gasteiger partial charge in [0.2, 0.25) is 0 Å². The molecule has 1 nitrogen and oxygen atoms in total. The molecule has 0 saturated heterocycles. The first-order chi connectivity index (χ1) is 5.25. The van der Waals surface area contributed by atoms with Gasteiger partial charge in [-0.05, 0) is 0 Å². The van der Waals surface area contributed by atoms with Crippen molar-refractivity contribution < 1.29 is 0 Å². The summed E-state index contributed by atoms with van der Waals surface area (Å²) in [6.07, 6.45) is 0. The summed E-state index contributed by atoms with van der Waals surface area (Å²) >= 11 is -0.313. The van der Waals surface area contributed by atoms with Crippen LogP contribution in [-0.2, 0) is 0 Å². The molecule has 2 radical (unpaired) electrons. The quantitative estimate of drug-likeness (QED) is 0.785. The van der Waals surface area contributed by atoms with Gasteiger partial charge in [-0.15, -0.1) is 0 Å². The minimum absolute atomic E-state index is 0.201. The van der Waals surface area contributed by atoms with E-state index in [4.69, 9.17) is 5.73 Å². The molecule has 0 aliphatic heterocycles. The van der Waals surface area contributed by atoms with Crippen molar-refractivity contribution in [3.63, 3.8) is 0 Å². The van der Waals surface area contributed by atoms with Gasteiger partial charge < -0.3 is 0 Å². The molecular formula is C9H13NSn. The standard InChI is InChI=1S/C8H10N.CH3.Sn/c1-7(9)8-5-3-2-4-6-8;;/h2-5,7H,9H2,1H3;1H3;. The Bertz CT molecular complexity index is 233. The van der Waals surface area contributed by atoms with E-state index in [1.165, 1.54) is 9.14 Å². The fourth-order valence-corrected chi connectivity index (χ4v) is 3.58. The Hall–Kier alpha value is -0.0213. The van der Waals surface area contributed by atoms with Crippen LogP contribution in [0, 0.1) is 0 Å². The second-order valence-corrected chi connectivity index (χ2v) is 5.59. The summed E-state index contributed by atoms with van der Waals surface area (Å²) in [7, 11) is 0. The molecule has 0 saturated carbocycles. The molecular weight excluding hydrogens is 241 g/mol. The van der Waals surface area contributed by atoms with Gasteiger partial charge in [-0.1, -0.05) is 0 Å². The van der Waals surface area contributed by atoms with Crippen LogP contribution in [0.4, 0.5) is 0 Å². The van der Waals surface area contributed by atoms with Crippen molar-refractivity contribution in [2.24, 2.45) is 5.73 Å². The zero-order valence-electron chi connectivity index (χ0n) is 6.96. The van der Waals surface area contributed by atoms with Gasteiger partial charge in [0.1, 0.15) is 0 Å². The average molecular weight is 254 g/mol. The molecule has 0 aromatic heterocycles. The Kier molecular flexibility index (Phi) is 3.39. The van der Waals surface area contributed by atoms with Gasteiger partial charge in [0.25, 0.3) is 0 Å². The van der Waals surface area contributed by atoms with Crippen molar-refractivity contribution in [3.05, 3.63) is 29.8 Å². The van der Waals surface area contributed by atoms with Crippen molar-refractivity contribution in [1.82, 2.24) is 0 Å². The molecule has 0 aliphatic carbocycles. The molecule has 1 unspecified atom stereocenters. The number of benzene rings is 1. The van der Waals surface area contributed by atoms with Gasteiger partial charge >= 0.3 is 78.2 Å². The van der Waals surface area contributed by atoms with Gasteiger partial charge in [0, 0.05) is 0 Å². The van der Waals surface area contributed by atoms with E-state index in [0.717, 1.165) is 0 Å². The zero-order chi connectivity index (χ0) is 8.27. The van der Waals surface area contributed by atoms with Crippen LogP contribution in [0.2, 0.25) is 4.94 Å². The first kappa shape index (κ1) is 9.07. The van der Waals surface area contributed by atoms with Crippen LogP contribution in [0.3, 0.4) is 0 Å². The predicted molar refractivity (Wildman–Crippen MR) is 50.3 cm³/mol. The van der Waals surface area contributed by atoms with E-state index in [9.17, 15) is 0 Å². The molecule has 1 aromatic rings. The molecule has 0 spiro atoms. The summed E-state index contributed by atoms with van der Waals surface area (Å²) in [5.41, 5.74) is 7.17. The van der Waals surface area contributed by atoms with E-state index >= 15 is 0 Å². The topological polar surface area (TPSA) is 26.0 Å². The molecule has 0 fully saturated rings. The van der Waals surface area contributed by atoms with E-state index in [1.807, 2.05) is 6.92 Å². The Morgan fingerprint density at radius 1 is 1.36 bits per heavy atom. The van der Waals surface area contributed by atoms with E-state index in [1.54, 1.807) is 0 Å². The van der Waals surface area contributed by atoms with Crippen molar-refractivity contribution in [1.29, 1.82) is 0 Å². The zero-order valence-corrected chi connectivity index (χ0v) is 9.82. The Balaban J connectivity index is 3.02. The van der Waals surface area contributed by atoms with E-state index in [-0.39, 0.29) is 27.2 Å².